The molecule has 0 unspecified atom stereocenters. The van der Waals surface area contributed by atoms with Gasteiger partial charge in [0.25, 0.3) is 0 Å². The maximum absolute atomic E-state index is 12.7. The van der Waals surface area contributed by atoms with Crippen LogP contribution < -0.4 is 4.74 Å². The van der Waals surface area contributed by atoms with Gasteiger partial charge in [0.05, 0.1) is 12.7 Å². The van der Waals surface area contributed by atoms with Gasteiger partial charge < -0.3 is 4.74 Å². The Labute approximate surface area is 127 Å². The molecule has 0 bridgehead atoms. The van der Waals surface area contributed by atoms with Crippen LogP contribution in [0.15, 0.2) is 46.9 Å². The van der Waals surface area contributed by atoms with Gasteiger partial charge in [0.1, 0.15) is 5.75 Å². The largest absolute Gasteiger partial charge is 0.497 e. The number of carbonyl (C=O) groups excluding carboxylic acids is 1. The lowest BCUT2D eigenvalue weighted by Crippen LogP contribution is -2.08. The third kappa shape index (κ3) is 3.44. The van der Waals surface area contributed by atoms with Crippen molar-refractivity contribution in [3.8, 4) is 5.75 Å². The number of benzene rings is 2. The molecule has 0 aliphatic rings. The first-order valence-electron chi connectivity index (χ1n) is 5.88. The lowest BCUT2D eigenvalue weighted by molar-refractivity contribution is -0.137. The average Bonchev–Trinajstić information content (AvgIpc) is 2.46. The minimum atomic E-state index is -4.48. The van der Waals surface area contributed by atoms with Gasteiger partial charge in [-0.05, 0) is 30.3 Å². The average molecular weight is 359 g/mol. The normalized spacial score (nSPS) is 11.3. The topological polar surface area (TPSA) is 26.3 Å². The van der Waals surface area contributed by atoms with Crippen LogP contribution in [0.5, 0.6) is 5.75 Å². The van der Waals surface area contributed by atoms with Crippen LogP contribution in [-0.2, 0) is 6.18 Å². The van der Waals surface area contributed by atoms with E-state index in [-0.39, 0.29) is 11.1 Å². The van der Waals surface area contributed by atoms with Crippen LogP contribution in [0.3, 0.4) is 0 Å². The van der Waals surface area contributed by atoms with Gasteiger partial charge in [-0.1, -0.05) is 28.1 Å². The molecule has 2 aromatic carbocycles. The predicted octanol–water partition coefficient (Wildman–Crippen LogP) is 4.71. The quantitative estimate of drug-likeness (QED) is 0.743. The van der Waals surface area contributed by atoms with Gasteiger partial charge in [-0.15, -0.1) is 0 Å². The van der Waals surface area contributed by atoms with E-state index in [2.05, 4.69) is 15.9 Å². The third-order valence-electron chi connectivity index (χ3n) is 2.87. The molecule has 0 aliphatic heterocycles. The monoisotopic (exact) mass is 358 g/mol. The molecule has 0 heterocycles. The van der Waals surface area contributed by atoms with Crippen LogP contribution in [0.25, 0.3) is 0 Å². The minimum absolute atomic E-state index is 0.0289. The maximum Gasteiger partial charge on any atom is 0.416 e. The predicted molar refractivity (Wildman–Crippen MR) is 75.6 cm³/mol. The summed E-state index contributed by atoms with van der Waals surface area (Å²) in [6, 6.07) is 9.07. The van der Waals surface area contributed by atoms with Gasteiger partial charge in [0, 0.05) is 15.6 Å². The smallest absolute Gasteiger partial charge is 0.416 e. The van der Waals surface area contributed by atoms with Crippen LogP contribution in [0, 0.1) is 0 Å². The number of hydrogen-bond acceptors (Lipinski definition) is 2. The number of methoxy groups -OCH3 is 1. The van der Waals surface area contributed by atoms with Crippen molar-refractivity contribution < 1.29 is 22.7 Å². The van der Waals surface area contributed by atoms with E-state index in [1.165, 1.54) is 25.3 Å². The summed E-state index contributed by atoms with van der Waals surface area (Å²) < 4.78 is 43.6. The number of rotatable bonds is 3. The van der Waals surface area contributed by atoms with Crippen LogP contribution >= 0.6 is 15.9 Å². The van der Waals surface area contributed by atoms with E-state index in [0.29, 0.717) is 10.2 Å². The highest BCUT2D eigenvalue weighted by atomic mass is 79.9. The van der Waals surface area contributed by atoms with Crippen molar-refractivity contribution in [3.63, 3.8) is 0 Å². The van der Waals surface area contributed by atoms with Crippen LogP contribution in [0.4, 0.5) is 13.2 Å². The molecule has 2 nitrogen and oxygen atoms in total. The number of carbonyl (C=O) groups is 1. The lowest BCUT2D eigenvalue weighted by Gasteiger charge is -2.10. The Kier molecular flexibility index (Phi) is 4.37. The summed E-state index contributed by atoms with van der Waals surface area (Å²) in [5, 5.41) is 0. The van der Waals surface area contributed by atoms with Crippen molar-refractivity contribution in [1.82, 2.24) is 0 Å². The van der Waals surface area contributed by atoms with E-state index in [4.69, 9.17) is 4.74 Å². The summed E-state index contributed by atoms with van der Waals surface area (Å²) in [5.74, 6) is -0.0552. The molecule has 0 N–H and O–H groups in total. The second-order valence-electron chi connectivity index (χ2n) is 4.25. The first-order valence-corrected chi connectivity index (χ1v) is 6.67. The van der Waals surface area contributed by atoms with Gasteiger partial charge in [-0.25, -0.2) is 0 Å². The standard InChI is InChI=1S/C15H10BrF3O2/c1-21-11-5-6-13(16)12(8-11)14(20)9-3-2-4-10(7-9)15(17,18)19/h2-8H,1H3. The molecule has 21 heavy (non-hydrogen) atoms. The Bertz CT molecular complexity index is 681. The van der Waals surface area contributed by atoms with E-state index in [9.17, 15) is 18.0 Å². The summed E-state index contributed by atoms with van der Waals surface area (Å²) >= 11 is 3.22. The molecule has 0 spiro atoms. The molecule has 0 aliphatic carbocycles. The van der Waals surface area contributed by atoms with E-state index in [1.54, 1.807) is 12.1 Å². The Morgan fingerprint density at radius 3 is 2.48 bits per heavy atom. The van der Waals surface area contributed by atoms with Gasteiger partial charge >= 0.3 is 6.18 Å². The Hall–Kier alpha value is -1.82. The summed E-state index contributed by atoms with van der Waals surface area (Å²) in [5.41, 5.74) is -0.639. The molecule has 2 aromatic rings. The molecule has 0 amide bonds. The van der Waals surface area contributed by atoms with Crippen molar-refractivity contribution in [2.75, 3.05) is 7.11 Å². The van der Waals surface area contributed by atoms with Crippen molar-refractivity contribution in [2.45, 2.75) is 6.18 Å². The molecule has 0 radical (unpaired) electrons. The minimum Gasteiger partial charge on any atom is -0.497 e. The molecule has 0 saturated heterocycles. The zero-order valence-corrected chi connectivity index (χ0v) is 12.5. The number of halogens is 4. The third-order valence-corrected chi connectivity index (χ3v) is 3.56. The fourth-order valence-corrected chi connectivity index (χ4v) is 2.22. The van der Waals surface area contributed by atoms with E-state index < -0.39 is 17.5 Å². The fraction of sp³-hybridized carbons (Fsp3) is 0.133. The number of hydrogen-bond donors (Lipinski definition) is 0. The highest BCUT2D eigenvalue weighted by Crippen LogP contribution is 2.31. The Morgan fingerprint density at radius 2 is 1.86 bits per heavy atom. The highest BCUT2D eigenvalue weighted by molar-refractivity contribution is 9.10. The van der Waals surface area contributed by atoms with E-state index in [1.807, 2.05) is 0 Å². The summed E-state index contributed by atoms with van der Waals surface area (Å²) in [4.78, 5) is 12.4. The van der Waals surface area contributed by atoms with Crippen LogP contribution in [0.2, 0.25) is 0 Å². The number of ketones is 1. The summed E-state index contributed by atoms with van der Waals surface area (Å²) in [6.07, 6.45) is -4.48. The molecule has 0 saturated carbocycles. The van der Waals surface area contributed by atoms with Crippen molar-refractivity contribution in [1.29, 1.82) is 0 Å². The first-order chi connectivity index (χ1) is 9.82. The molecule has 6 heteroatoms. The molecule has 0 atom stereocenters. The van der Waals surface area contributed by atoms with Gasteiger partial charge in [-0.2, -0.15) is 13.2 Å². The van der Waals surface area contributed by atoms with Crippen molar-refractivity contribution in [3.05, 3.63) is 63.6 Å². The zero-order valence-electron chi connectivity index (χ0n) is 10.9. The van der Waals surface area contributed by atoms with Gasteiger partial charge in [-0.3, -0.25) is 4.79 Å². The lowest BCUT2D eigenvalue weighted by atomic mass is 10.0. The first kappa shape index (κ1) is 15.6. The SMILES string of the molecule is COc1ccc(Br)c(C(=O)c2cccc(C(F)(F)F)c2)c1. The molecular formula is C15H10BrF3O2. The second kappa shape index (κ2) is 5.89. The summed E-state index contributed by atoms with van der Waals surface area (Å²) in [7, 11) is 1.45. The second-order valence-corrected chi connectivity index (χ2v) is 5.11. The molecular weight excluding hydrogens is 349 g/mol. The van der Waals surface area contributed by atoms with E-state index in [0.717, 1.165) is 12.1 Å². The Balaban J connectivity index is 2.45. The highest BCUT2D eigenvalue weighted by Gasteiger charge is 2.31. The van der Waals surface area contributed by atoms with Crippen LogP contribution in [0.1, 0.15) is 21.5 Å². The van der Waals surface area contributed by atoms with E-state index >= 15 is 0 Å². The molecule has 110 valence electrons. The molecule has 0 fully saturated rings. The van der Waals surface area contributed by atoms with Crippen molar-refractivity contribution in [2.24, 2.45) is 0 Å². The fourth-order valence-electron chi connectivity index (χ4n) is 1.80. The number of ether oxygens (including phenoxy) is 1. The summed E-state index contributed by atoms with van der Waals surface area (Å²) in [6.45, 7) is 0. The van der Waals surface area contributed by atoms with Crippen molar-refractivity contribution >= 4 is 21.7 Å². The zero-order chi connectivity index (χ0) is 15.6. The molecule has 2 rings (SSSR count). The number of alkyl halides is 3. The van der Waals surface area contributed by atoms with Gasteiger partial charge in [0.15, 0.2) is 5.78 Å². The molecule has 0 aromatic heterocycles. The van der Waals surface area contributed by atoms with Crippen LogP contribution in [-0.4, -0.2) is 12.9 Å². The maximum atomic E-state index is 12.7. The Morgan fingerprint density at radius 1 is 1.14 bits per heavy atom. The van der Waals surface area contributed by atoms with Gasteiger partial charge in [0.2, 0.25) is 0 Å².